The zero-order valence-electron chi connectivity index (χ0n) is 27.5. The molecule has 0 saturated heterocycles. The molecule has 3 aromatic heterocycles. The van der Waals surface area contributed by atoms with Gasteiger partial charge in [0.25, 0.3) is 0 Å². The summed E-state index contributed by atoms with van der Waals surface area (Å²) < 4.78 is 12.3. The van der Waals surface area contributed by atoms with Crippen LogP contribution in [0.4, 0.5) is 17.1 Å². The average molecular weight is 655 g/mol. The van der Waals surface area contributed by atoms with Crippen LogP contribution >= 0.6 is 0 Å². The number of para-hydroxylation sites is 4. The summed E-state index contributed by atoms with van der Waals surface area (Å²) in [5.41, 5.74) is 13.1. The second kappa shape index (κ2) is 11.9. The van der Waals surface area contributed by atoms with Gasteiger partial charge in [0.1, 0.15) is 22.3 Å². The fourth-order valence-corrected chi connectivity index (χ4v) is 7.21. The van der Waals surface area contributed by atoms with Crippen LogP contribution in [0.3, 0.4) is 0 Å². The Morgan fingerprint density at radius 2 is 0.804 bits per heavy atom. The number of hydrogen-bond donors (Lipinski definition) is 0. The third-order valence-electron chi connectivity index (χ3n) is 9.68. The molecule has 240 valence electrons. The Balaban J connectivity index is 1.13. The van der Waals surface area contributed by atoms with Crippen molar-refractivity contribution < 1.29 is 8.83 Å². The molecule has 0 atom stereocenters. The van der Waals surface area contributed by atoms with Crippen molar-refractivity contribution in [2.24, 2.45) is 0 Å². The molecular formula is C47H30N2O2. The van der Waals surface area contributed by atoms with Gasteiger partial charge in [-0.05, 0) is 113 Å². The summed E-state index contributed by atoms with van der Waals surface area (Å²) in [6, 6.07) is 61.2. The van der Waals surface area contributed by atoms with Crippen LogP contribution in [0.1, 0.15) is 0 Å². The zero-order chi connectivity index (χ0) is 33.7. The van der Waals surface area contributed by atoms with E-state index < -0.39 is 0 Å². The molecule has 0 unspecified atom stereocenters. The first-order valence-corrected chi connectivity index (χ1v) is 17.1. The van der Waals surface area contributed by atoms with Gasteiger partial charge in [-0.15, -0.1) is 0 Å². The number of hydrogen-bond acceptors (Lipinski definition) is 4. The zero-order valence-corrected chi connectivity index (χ0v) is 27.5. The number of furan rings is 2. The van der Waals surface area contributed by atoms with Gasteiger partial charge >= 0.3 is 0 Å². The highest BCUT2D eigenvalue weighted by molar-refractivity contribution is 6.07. The van der Waals surface area contributed by atoms with Crippen LogP contribution in [0.25, 0.3) is 77.4 Å². The van der Waals surface area contributed by atoms with Crippen LogP contribution < -0.4 is 4.90 Å². The molecule has 4 nitrogen and oxygen atoms in total. The van der Waals surface area contributed by atoms with E-state index in [0.717, 1.165) is 94.5 Å². The minimum atomic E-state index is 0.882. The first kappa shape index (κ1) is 29.0. The van der Waals surface area contributed by atoms with E-state index in [9.17, 15) is 0 Å². The summed E-state index contributed by atoms with van der Waals surface area (Å²) in [7, 11) is 0. The Labute approximate surface area is 294 Å². The molecule has 0 radical (unpaired) electrons. The molecule has 10 aromatic rings. The second-order valence-corrected chi connectivity index (χ2v) is 12.8. The van der Waals surface area contributed by atoms with E-state index in [1.54, 1.807) is 0 Å². The number of pyridine rings is 1. The molecule has 0 N–H and O–H groups in total. The second-order valence-electron chi connectivity index (χ2n) is 12.8. The average Bonchev–Trinajstić information content (AvgIpc) is 3.77. The van der Waals surface area contributed by atoms with Gasteiger partial charge in [0.2, 0.25) is 0 Å². The number of fused-ring (bicyclic) bond motifs is 6. The highest BCUT2D eigenvalue weighted by Gasteiger charge is 2.16. The van der Waals surface area contributed by atoms with Gasteiger partial charge < -0.3 is 13.7 Å². The molecular weight excluding hydrogens is 625 g/mol. The molecule has 7 aromatic carbocycles. The summed E-state index contributed by atoms with van der Waals surface area (Å²) in [6.07, 6.45) is 1.97. The van der Waals surface area contributed by atoms with Crippen molar-refractivity contribution in [2.45, 2.75) is 0 Å². The van der Waals surface area contributed by atoms with Gasteiger partial charge in [0.15, 0.2) is 0 Å². The fourth-order valence-electron chi connectivity index (χ4n) is 7.21. The molecule has 10 rings (SSSR count). The topological polar surface area (TPSA) is 42.4 Å². The molecule has 0 amide bonds. The smallest absolute Gasteiger partial charge is 0.135 e. The van der Waals surface area contributed by atoms with Crippen LogP contribution in [0.5, 0.6) is 0 Å². The molecule has 0 fully saturated rings. The monoisotopic (exact) mass is 654 g/mol. The molecule has 0 aliphatic rings. The van der Waals surface area contributed by atoms with Gasteiger partial charge in [-0.2, -0.15) is 0 Å². The van der Waals surface area contributed by atoms with E-state index in [4.69, 9.17) is 13.8 Å². The van der Waals surface area contributed by atoms with E-state index in [0.29, 0.717) is 0 Å². The van der Waals surface area contributed by atoms with Crippen LogP contribution in [0.15, 0.2) is 191 Å². The van der Waals surface area contributed by atoms with Crippen molar-refractivity contribution in [2.75, 3.05) is 4.90 Å². The quantitative estimate of drug-likeness (QED) is 0.179. The summed E-state index contributed by atoms with van der Waals surface area (Å²) >= 11 is 0. The Morgan fingerprint density at radius 1 is 0.333 bits per heavy atom. The summed E-state index contributed by atoms with van der Waals surface area (Å²) in [6.45, 7) is 0. The van der Waals surface area contributed by atoms with E-state index >= 15 is 0 Å². The van der Waals surface area contributed by atoms with Gasteiger partial charge in [0.05, 0.1) is 17.6 Å². The van der Waals surface area contributed by atoms with Crippen molar-refractivity contribution in [1.29, 1.82) is 0 Å². The van der Waals surface area contributed by atoms with Crippen molar-refractivity contribution in [3.63, 3.8) is 0 Å². The number of aromatic nitrogens is 1. The van der Waals surface area contributed by atoms with Crippen molar-refractivity contribution in [3.05, 3.63) is 182 Å². The predicted molar refractivity (Wildman–Crippen MR) is 210 cm³/mol. The maximum Gasteiger partial charge on any atom is 0.135 e. The predicted octanol–water partition coefficient (Wildman–Crippen LogP) is 13.4. The van der Waals surface area contributed by atoms with Gasteiger partial charge in [-0.25, -0.2) is 0 Å². The number of benzene rings is 7. The van der Waals surface area contributed by atoms with Crippen molar-refractivity contribution in [3.8, 4) is 33.5 Å². The summed E-state index contributed by atoms with van der Waals surface area (Å²) in [5.74, 6) is 0. The first-order chi connectivity index (χ1) is 25.2. The molecule has 4 heteroatoms. The normalized spacial score (nSPS) is 11.5. The number of nitrogens with zero attached hydrogens (tertiary/aromatic N) is 2. The lowest BCUT2D eigenvalue weighted by Gasteiger charge is -2.25. The van der Waals surface area contributed by atoms with E-state index in [2.05, 4.69) is 144 Å². The lowest BCUT2D eigenvalue weighted by Crippen LogP contribution is -2.10. The molecule has 0 bridgehead atoms. The standard InChI is InChI=1S/C47H30N2O2/c1-3-11-36(12-4-1)49(37-13-5-2-6-14-37)38-21-22-43(48-30-38)35-26-33(31-19-23-46-41(28-31)39-15-7-9-17-44(39)50-46)25-34(27-35)32-20-24-47-42(29-32)40-16-8-10-18-45(40)51-47/h1-30H. The van der Waals surface area contributed by atoms with Crippen LogP contribution in [-0.4, -0.2) is 4.98 Å². The third kappa shape index (κ3) is 5.13. The van der Waals surface area contributed by atoms with Crippen molar-refractivity contribution in [1.82, 2.24) is 4.98 Å². The largest absolute Gasteiger partial charge is 0.456 e. The highest BCUT2D eigenvalue weighted by atomic mass is 16.3. The molecule has 0 saturated carbocycles. The summed E-state index contributed by atoms with van der Waals surface area (Å²) in [4.78, 5) is 7.31. The SMILES string of the molecule is c1ccc(N(c2ccccc2)c2ccc(-c3cc(-c4ccc5oc6ccccc6c5c4)cc(-c4ccc5oc6ccccc6c5c4)c3)nc2)cc1. The Bertz CT molecular complexity index is 2680. The van der Waals surface area contributed by atoms with Gasteiger partial charge in [-0.3, -0.25) is 4.98 Å². The van der Waals surface area contributed by atoms with Gasteiger partial charge in [0, 0.05) is 38.5 Å². The number of rotatable bonds is 6. The molecule has 0 aliphatic heterocycles. The maximum atomic E-state index is 6.17. The minimum Gasteiger partial charge on any atom is -0.456 e. The van der Waals surface area contributed by atoms with Gasteiger partial charge in [-0.1, -0.05) is 84.9 Å². The van der Waals surface area contributed by atoms with E-state index in [1.807, 2.05) is 42.6 Å². The Kier molecular flexibility index (Phi) is 6.78. The highest BCUT2D eigenvalue weighted by Crippen LogP contribution is 2.39. The molecule has 3 heterocycles. The molecule has 0 aliphatic carbocycles. The Morgan fingerprint density at radius 3 is 1.31 bits per heavy atom. The molecule has 51 heavy (non-hydrogen) atoms. The fraction of sp³-hybridized carbons (Fsp3) is 0. The lowest BCUT2D eigenvalue weighted by molar-refractivity contribution is 0.668. The van der Waals surface area contributed by atoms with Crippen LogP contribution in [0, 0.1) is 0 Å². The first-order valence-electron chi connectivity index (χ1n) is 17.1. The maximum absolute atomic E-state index is 6.17. The van der Waals surface area contributed by atoms with E-state index in [-0.39, 0.29) is 0 Å². The third-order valence-corrected chi connectivity index (χ3v) is 9.68. The lowest BCUT2D eigenvalue weighted by atomic mass is 9.93. The minimum absolute atomic E-state index is 0.882. The van der Waals surface area contributed by atoms with Crippen molar-refractivity contribution >= 4 is 60.9 Å². The van der Waals surface area contributed by atoms with Crippen LogP contribution in [-0.2, 0) is 0 Å². The summed E-state index contributed by atoms with van der Waals surface area (Å²) in [5, 5.41) is 4.43. The van der Waals surface area contributed by atoms with E-state index in [1.165, 1.54) is 0 Å². The van der Waals surface area contributed by atoms with Crippen LogP contribution in [0.2, 0.25) is 0 Å². The Hall–Kier alpha value is -6.91. The number of anilines is 3. The molecule has 0 spiro atoms.